The van der Waals surface area contributed by atoms with E-state index >= 15 is 0 Å². The van der Waals surface area contributed by atoms with Crippen molar-refractivity contribution < 1.29 is 4.79 Å². The first-order valence-corrected chi connectivity index (χ1v) is 6.10. The van der Waals surface area contributed by atoms with Crippen molar-refractivity contribution in [2.45, 2.75) is 32.2 Å². The predicted octanol–water partition coefficient (Wildman–Crippen LogP) is 1.99. The lowest BCUT2D eigenvalue weighted by atomic mass is 10.0. The van der Waals surface area contributed by atoms with Crippen LogP contribution in [0.3, 0.4) is 0 Å². The number of carbonyl (C=O) groups is 1. The van der Waals surface area contributed by atoms with Gasteiger partial charge in [-0.05, 0) is 50.5 Å². The molecule has 1 heterocycles. The molecule has 0 radical (unpaired) electrons. The number of hydrogen-bond donors (Lipinski definition) is 2. The van der Waals surface area contributed by atoms with Crippen molar-refractivity contribution >= 4 is 11.6 Å². The van der Waals surface area contributed by atoms with Crippen molar-refractivity contribution in [1.29, 1.82) is 0 Å². The molecule has 0 spiro atoms. The van der Waals surface area contributed by atoms with E-state index in [0.717, 1.165) is 30.6 Å². The molecule has 0 aliphatic carbocycles. The lowest BCUT2D eigenvalue weighted by molar-refractivity contribution is 0.0635. The lowest BCUT2D eigenvalue weighted by Crippen LogP contribution is -2.42. The van der Waals surface area contributed by atoms with Crippen LogP contribution in [0.5, 0.6) is 0 Å². The van der Waals surface area contributed by atoms with Crippen LogP contribution in [0.25, 0.3) is 0 Å². The SMILES string of the molecule is CC1CCCCN1C(=O)c1ccc(NN)cc1. The first-order valence-electron chi connectivity index (χ1n) is 6.10. The molecule has 17 heavy (non-hydrogen) atoms. The maximum atomic E-state index is 12.3. The smallest absolute Gasteiger partial charge is 0.254 e. The Balaban J connectivity index is 2.12. The molecule has 1 fully saturated rings. The number of anilines is 1. The van der Waals surface area contributed by atoms with E-state index in [9.17, 15) is 4.79 Å². The molecule has 1 atom stereocenters. The van der Waals surface area contributed by atoms with E-state index in [1.54, 1.807) is 0 Å². The standard InChI is InChI=1S/C13H19N3O/c1-10-4-2-3-9-16(10)13(17)11-5-7-12(15-14)8-6-11/h5-8,10,15H,2-4,9,14H2,1H3. The van der Waals surface area contributed by atoms with E-state index in [1.165, 1.54) is 6.42 Å². The Morgan fingerprint density at radius 1 is 1.35 bits per heavy atom. The Morgan fingerprint density at radius 2 is 2.06 bits per heavy atom. The van der Waals surface area contributed by atoms with Crippen LogP contribution in [-0.4, -0.2) is 23.4 Å². The summed E-state index contributed by atoms with van der Waals surface area (Å²) in [7, 11) is 0. The van der Waals surface area contributed by atoms with Crippen LogP contribution in [0.2, 0.25) is 0 Å². The predicted molar refractivity (Wildman–Crippen MR) is 68.6 cm³/mol. The second-order valence-electron chi connectivity index (χ2n) is 4.57. The van der Waals surface area contributed by atoms with Gasteiger partial charge in [0.1, 0.15) is 0 Å². The number of hydrazine groups is 1. The van der Waals surface area contributed by atoms with Crippen LogP contribution in [-0.2, 0) is 0 Å². The third kappa shape index (κ3) is 2.58. The summed E-state index contributed by atoms with van der Waals surface area (Å²) in [4.78, 5) is 14.3. The number of benzene rings is 1. The number of rotatable bonds is 2. The number of carbonyl (C=O) groups excluding carboxylic acids is 1. The summed E-state index contributed by atoms with van der Waals surface area (Å²) in [5, 5.41) is 0. The van der Waals surface area contributed by atoms with Gasteiger partial charge in [0, 0.05) is 23.8 Å². The molecule has 1 unspecified atom stereocenters. The van der Waals surface area contributed by atoms with Crippen LogP contribution in [0.1, 0.15) is 36.5 Å². The number of hydrogen-bond acceptors (Lipinski definition) is 3. The van der Waals surface area contributed by atoms with Crippen molar-refractivity contribution in [1.82, 2.24) is 4.90 Å². The molecule has 3 N–H and O–H groups in total. The third-order valence-electron chi connectivity index (χ3n) is 3.36. The summed E-state index contributed by atoms with van der Waals surface area (Å²) in [6, 6.07) is 7.63. The number of likely N-dealkylation sites (tertiary alicyclic amines) is 1. The number of nitrogens with two attached hydrogens (primary N) is 1. The molecule has 4 heteroatoms. The molecule has 1 aliphatic rings. The topological polar surface area (TPSA) is 58.4 Å². The highest BCUT2D eigenvalue weighted by atomic mass is 16.2. The molecule has 1 aromatic rings. The zero-order valence-corrected chi connectivity index (χ0v) is 10.1. The molecule has 2 rings (SSSR count). The summed E-state index contributed by atoms with van der Waals surface area (Å²) in [6.07, 6.45) is 3.44. The molecule has 92 valence electrons. The van der Waals surface area contributed by atoms with Gasteiger partial charge in [-0.3, -0.25) is 10.6 Å². The zero-order chi connectivity index (χ0) is 12.3. The second kappa shape index (κ2) is 5.19. The number of nitrogen functional groups attached to an aromatic ring is 1. The fourth-order valence-electron chi connectivity index (χ4n) is 2.27. The second-order valence-corrected chi connectivity index (χ2v) is 4.57. The zero-order valence-electron chi connectivity index (χ0n) is 10.1. The maximum Gasteiger partial charge on any atom is 0.254 e. The first kappa shape index (κ1) is 11.9. The minimum Gasteiger partial charge on any atom is -0.336 e. The number of piperidine rings is 1. The average molecular weight is 233 g/mol. The molecular formula is C13H19N3O. The van der Waals surface area contributed by atoms with Gasteiger partial charge in [-0.1, -0.05) is 0 Å². The lowest BCUT2D eigenvalue weighted by Gasteiger charge is -2.33. The Hall–Kier alpha value is -1.55. The van der Waals surface area contributed by atoms with Gasteiger partial charge < -0.3 is 10.3 Å². The Kier molecular flexibility index (Phi) is 3.64. The molecule has 0 aromatic heterocycles. The summed E-state index contributed by atoms with van der Waals surface area (Å²) in [5.41, 5.74) is 4.10. The highest BCUT2D eigenvalue weighted by Crippen LogP contribution is 2.19. The van der Waals surface area contributed by atoms with Crippen LogP contribution >= 0.6 is 0 Å². The van der Waals surface area contributed by atoms with E-state index in [4.69, 9.17) is 5.84 Å². The van der Waals surface area contributed by atoms with Crippen LogP contribution in [0, 0.1) is 0 Å². The first-order chi connectivity index (χ1) is 8.22. The van der Waals surface area contributed by atoms with Gasteiger partial charge in [0.25, 0.3) is 5.91 Å². The van der Waals surface area contributed by atoms with Crippen LogP contribution < -0.4 is 11.3 Å². The van der Waals surface area contributed by atoms with E-state index in [1.807, 2.05) is 29.2 Å². The van der Waals surface area contributed by atoms with Gasteiger partial charge in [-0.25, -0.2) is 0 Å². The van der Waals surface area contributed by atoms with Crippen LogP contribution in [0.15, 0.2) is 24.3 Å². The molecule has 0 saturated carbocycles. The van der Waals surface area contributed by atoms with Gasteiger partial charge in [0.2, 0.25) is 0 Å². The van der Waals surface area contributed by atoms with E-state index < -0.39 is 0 Å². The van der Waals surface area contributed by atoms with Gasteiger partial charge in [-0.15, -0.1) is 0 Å². The molecular weight excluding hydrogens is 214 g/mol. The molecule has 4 nitrogen and oxygen atoms in total. The summed E-state index contributed by atoms with van der Waals surface area (Å²) < 4.78 is 0. The molecule has 0 bridgehead atoms. The molecule has 1 aliphatic heterocycles. The largest absolute Gasteiger partial charge is 0.336 e. The van der Waals surface area contributed by atoms with Gasteiger partial charge in [0.05, 0.1) is 0 Å². The van der Waals surface area contributed by atoms with Crippen molar-refractivity contribution in [3.05, 3.63) is 29.8 Å². The number of nitrogens with zero attached hydrogens (tertiary/aromatic N) is 1. The van der Waals surface area contributed by atoms with Crippen molar-refractivity contribution in [3.8, 4) is 0 Å². The Labute approximate surface area is 102 Å². The fourth-order valence-corrected chi connectivity index (χ4v) is 2.27. The summed E-state index contributed by atoms with van der Waals surface area (Å²) >= 11 is 0. The highest BCUT2D eigenvalue weighted by Gasteiger charge is 2.23. The quantitative estimate of drug-likeness (QED) is 0.606. The number of amides is 1. The molecule has 1 amide bonds. The molecule has 1 aromatic carbocycles. The van der Waals surface area contributed by atoms with Gasteiger partial charge in [0.15, 0.2) is 0 Å². The summed E-state index contributed by atoms with van der Waals surface area (Å²) in [5.74, 6) is 5.42. The Bertz CT molecular complexity index is 388. The number of nitrogens with one attached hydrogen (secondary N) is 1. The average Bonchev–Trinajstić information content (AvgIpc) is 2.39. The van der Waals surface area contributed by atoms with Crippen LogP contribution in [0.4, 0.5) is 5.69 Å². The maximum absolute atomic E-state index is 12.3. The van der Waals surface area contributed by atoms with Crippen molar-refractivity contribution in [2.24, 2.45) is 5.84 Å². The van der Waals surface area contributed by atoms with Crippen molar-refractivity contribution in [3.63, 3.8) is 0 Å². The monoisotopic (exact) mass is 233 g/mol. The van der Waals surface area contributed by atoms with E-state index in [-0.39, 0.29) is 5.91 Å². The van der Waals surface area contributed by atoms with E-state index in [2.05, 4.69) is 12.3 Å². The third-order valence-corrected chi connectivity index (χ3v) is 3.36. The van der Waals surface area contributed by atoms with Gasteiger partial charge in [-0.2, -0.15) is 0 Å². The minimum atomic E-state index is 0.126. The van der Waals surface area contributed by atoms with Crippen molar-refractivity contribution in [2.75, 3.05) is 12.0 Å². The van der Waals surface area contributed by atoms with Gasteiger partial charge >= 0.3 is 0 Å². The minimum absolute atomic E-state index is 0.126. The fraction of sp³-hybridized carbons (Fsp3) is 0.462. The summed E-state index contributed by atoms with van der Waals surface area (Å²) in [6.45, 7) is 2.99. The Morgan fingerprint density at radius 3 is 2.65 bits per heavy atom. The highest BCUT2D eigenvalue weighted by molar-refractivity contribution is 5.94. The van der Waals surface area contributed by atoms with E-state index in [0.29, 0.717) is 6.04 Å². The molecule has 1 saturated heterocycles. The normalized spacial score (nSPS) is 20.1.